The predicted octanol–water partition coefficient (Wildman–Crippen LogP) is 2.20. The van der Waals surface area contributed by atoms with Crippen LogP contribution < -0.4 is 5.32 Å². The van der Waals surface area contributed by atoms with E-state index < -0.39 is 0 Å². The number of carbonyl (C=O) groups is 1. The van der Waals surface area contributed by atoms with Gasteiger partial charge in [0.2, 0.25) is 5.91 Å². The Balaban J connectivity index is 1.73. The van der Waals surface area contributed by atoms with Gasteiger partial charge in [0.15, 0.2) is 0 Å². The van der Waals surface area contributed by atoms with Gasteiger partial charge in [0.25, 0.3) is 0 Å². The zero-order chi connectivity index (χ0) is 16.8. The number of amides is 1. The monoisotopic (exact) mass is 340 g/mol. The lowest BCUT2D eigenvalue weighted by molar-refractivity contribution is -0.121. The Morgan fingerprint density at radius 2 is 2.35 bits per heavy atom. The van der Waals surface area contributed by atoms with E-state index in [4.69, 9.17) is 16.3 Å². The van der Waals surface area contributed by atoms with E-state index in [2.05, 4.69) is 24.1 Å². The SMILES string of the molecule is C[C@@H]1COCCN1[C@@H](C)CNC(=O)CCc1ccc(O)c(Cl)c1. The molecule has 23 heavy (non-hydrogen) atoms. The molecule has 0 bridgehead atoms. The predicted molar refractivity (Wildman–Crippen MR) is 90.9 cm³/mol. The Labute approximate surface area is 142 Å². The van der Waals surface area contributed by atoms with Crippen LogP contribution in [0.4, 0.5) is 0 Å². The van der Waals surface area contributed by atoms with Crippen molar-refractivity contribution in [1.82, 2.24) is 10.2 Å². The second-order valence-electron chi connectivity index (χ2n) is 6.10. The van der Waals surface area contributed by atoms with Crippen molar-refractivity contribution in [1.29, 1.82) is 0 Å². The van der Waals surface area contributed by atoms with Crippen LogP contribution in [0.15, 0.2) is 18.2 Å². The summed E-state index contributed by atoms with van der Waals surface area (Å²) in [6, 6.07) is 5.71. The van der Waals surface area contributed by atoms with Crippen LogP contribution in [0, 0.1) is 0 Å². The van der Waals surface area contributed by atoms with Gasteiger partial charge in [-0.05, 0) is 38.0 Å². The molecule has 0 unspecified atom stereocenters. The van der Waals surface area contributed by atoms with Gasteiger partial charge >= 0.3 is 0 Å². The average molecular weight is 341 g/mol. The number of phenolic OH excluding ortho intramolecular Hbond substituents is 1. The van der Waals surface area contributed by atoms with E-state index in [0.29, 0.717) is 36.5 Å². The van der Waals surface area contributed by atoms with Gasteiger partial charge in [-0.3, -0.25) is 9.69 Å². The highest BCUT2D eigenvalue weighted by atomic mass is 35.5. The molecule has 1 aromatic carbocycles. The highest BCUT2D eigenvalue weighted by Gasteiger charge is 2.23. The van der Waals surface area contributed by atoms with E-state index in [9.17, 15) is 9.90 Å². The second-order valence-corrected chi connectivity index (χ2v) is 6.51. The normalized spacial score (nSPS) is 20.2. The van der Waals surface area contributed by atoms with Crippen LogP contribution in [-0.2, 0) is 16.0 Å². The van der Waals surface area contributed by atoms with Gasteiger partial charge in [0.05, 0.1) is 18.2 Å². The number of hydrogen-bond donors (Lipinski definition) is 2. The molecule has 2 atom stereocenters. The van der Waals surface area contributed by atoms with E-state index >= 15 is 0 Å². The number of aryl methyl sites for hydroxylation is 1. The number of benzene rings is 1. The highest BCUT2D eigenvalue weighted by Crippen LogP contribution is 2.24. The van der Waals surface area contributed by atoms with Crippen LogP contribution in [0.5, 0.6) is 5.75 Å². The minimum Gasteiger partial charge on any atom is -0.506 e. The number of nitrogens with one attached hydrogen (secondary N) is 1. The maximum Gasteiger partial charge on any atom is 0.220 e. The van der Waals surface area contributed by atoms with Crippen molar-refractivity contribution < 1.29 is 14.6 Å². The highest BCUT2D eigenvalue weighted by molar-refractivity contribution is 6.32. The number of hydrogen-bond acceptors (Lipinski definition) is 4. The summed E-state index contributed by atoms with van der Waals surface area (Å²) in [5.74, 6) is 0.0929. The van der Waals surface area contributed by atoms with Crippen LogP contribution in [-0.4, -0.2) is 54.3 Å². The van der Waals surface area contributed by atoms with Crippen molar-refractivity contribution in [2.45, 2.75) is 38.8 Å². The Morgan fingerprint density at radius 3 is 3.04 bits per heavy atom. The maximum atomic E-state index is 12.0. The number of carbonyl (C=O) groups excluding carboxylic acids is 1. The van der Waals surface area contributed by atoms with E-state index in [1.807, 2.05) is 0 Å². The summed E-state index contributed by atoms with van der Waals surface area (Å²) in [6.07, 6.45) is 1.01. The third-order valence-electron chi connectivity index (χ3n) is 4.23. The number of morpholine rings is 1. The van der Waals surface area contributed by atoms with E-state index in [0.717, 1.165) is 25.3 Å². The second kappa shape index (κ2) is 8.52. The molecule has 0 saturated carbocycles. The molecule has 2 N–H and O–H groups in total. The lowest BCUT2D eigenvalue weighted by atomic mass is 10.1. The summed E-state index contributed by atoms with van der Waals surface area (Å²) < 4.78 is 5.44. The maximum absolute atomic E-state index is 12.0. The summed E-state index contributed by atoms with van der Waals surface area (Å²) in [5, 5.41) is 12.7. The van der Waals surface area contributed by atoms with Crippen molar-refractivity contribution in [3.8, 4) is 5.75 Å². The first-order chi connectivity index (χ1) is 11.0. The number of phenols is 1. The number of rotatable bonds is 6. The molecule has 6 heteroatoms. The first-order valence-corrected chi connectivity index (χ1v) is 8.42. The molecular formula is C17H25ClN2O3. The lowest BCUT2D eigenvalue weighted by Crippen LogP contribution is -2.51. The molecule has 0 aliphatic carbocycles. The standard InChI is InChI=1S/C17H25ClN2O3/c1-12(20-7-8-23-11-13(20)2)10-19-17(22)6-4-14-3-5-16(21)15(18)9-14/h3,5,9,12-13,21H,4,6-8,10-11H2,1-2H3,(H,19,22)/t12-,13+/m0/s1. The fraction of sp³-hybridized carbons (Fsp3) is 0.588. The number of aromatic hydroxyl groups is 1. The molecule has 1 aliphatic heterocycles. The molecule has 0 radical (unpaired) electrons. The Hall–Kier alpha value is -1.30. The van der Waals surface area contributed by atoms with Crippen LogP contribution in [0.25, 0.3) is 0 Å². The third-order valence-corrected chi connectivity index (χ3v) is 4.54. The fourth-order valence-corrected chi connectivity index (χ4v) is 3.03. The number of halogens is 1. The van der Waals surface area contributed by atoms with Gasteiger partial charge in [-0.15, -0.1) is 0 Å². The Kier molecular flexibility index (Phi) is 6.69. The lowest BCUT2D eigenvalue weighted by Gasteiger charge is -2.37. The van der Waals surface area contributed by atoms with Gasteiger partial charge in [-0.1, -0.05) is 17.7 Å². The molecule has 1 aliphatic rings. The minimum absolute atomic E-state index is 0.0296. The molecule has 1 heterocycles. The summed E-state index contributed by atoms with van der Waals surface area (Å²) in [5.41, 5.74) is 0.942. The van der Waals surface area contributed by atoms with Crippen molar-refractivity contribution in [3.63, 3.8) is 0 Å². The van der Waals surface area contributed by atoms with Crippen LogP contribution >= 0.6 is 11.6 Å². The van der Waals surface area contributed by atoms with E-state index in [-0.39, 0.29) is 11.7 Å². The van der Waals surface area contributed by atoms with Gasteiger partial charge in [-0.25, -0.2) is 0 Å². The summed E-state index contributed by atoms with van der Waals surface area (Å²) in [4.78, 5) is 14.4. The summed E-state index contributed by atoms with van der Waals surface area (Å²) in [6.45, 7) is 7.32. The zero-order valence-corrected chi connectivity index (χ0v) is 14.5. The third kappa shape index (κ3) is 5.37. The van der Waals surface area contributed by atoms with Crippen LogP contribution in [0.3, 0.4) is 0 Å². The van der Waals surface area contributed by atoms with Crippen molar-refractivity contribution in [2.24, 2.45) is 0 Å². The molecule has 128 valence electrons. The molecule has 1 aromatic rings. The molecule has 1 saturated heterocycles. The molecule has 0 spiro atoms. The molecule has 5 nitrogen and oxygen atoms in total. The smallest absolute Gasteiger partial charge is 0.220 e. The molecule has 2 rings (SSSR count). The molecule has 1 amide bonds. The number of nitrogens with zero attached hydrogens (tertiary/aromatic N) is 1. The minimum atomic E-state index is 0.0296. The Morgan fingerprint density at radius 1 is 1.57 bits per heavy atom. The molecule has 1 fully saturated rings. The van der Waals surface area contributed by atoms with Crippen molar-refractivity contribution in [2.75, 3.05) is 26.3 Å². The topological polar surface area (TPSA) is 61.8 Å². The van der Waals surface area contributed by atoms with E-state index in [1.165, 1.54) is 0 Å². The largest absolute Gasteiger partial charge is 0.506 e. The quantitative estimate of drug-likeness (QED) is 0.833. The van der Waals surface area contributed by atoms with Gasteiger partial charge in [0, 0.05) is 31.6 Å². The van der Waals surface area contributed by atoms with E-state index in [1.54, 1.807) is 18.2 Å². The van der Waals surface area contributed by atoms with Gasteiger partial charge in [-0.2, -0.15) is 0 Å². The van der Waals surface area contributed by atoms with Crippen molar-refractivity contribution >= 4 is 17.5 Å². The number of ether oxygens (including phenoxy) is 1. The van der Waals surface area contributed by atoms with Gasteiger partial charge in [0.1, 0.15) is 5.75 Å². The Bertz CT molecular complexity index is 539. The summed E-state index contributed by atoms with van der Waals surface area (Å²) >= 11 is 5.87. The fourth-order valence-electron chi connectivity index (χ4n) is 2.83. The van der Waals surface area contributed by atoms with Crippen molar-refractivity contribution in [3.05, 3.63) is 28.8 Å². The summed E-state index contributed by atoms with van der Waals surface area (Å²) in [7, 11) is 0. The first-order valence-electron chi connectivity index (χ1n) is 8.05. The first kappa shape index (κ1) is 18.0. The molecule has 0 aromatic heterocycles. The van der Waals surface area contributed by atoms with Crippen LogP contribution in [0.1, 0.15) is 25.8 Å². The average Bonchev–Trinajstić information content (AvgIpc) is 2.54. The molecular weight excluding hydrogens is 316 g/mol. The van der Waals surface area contributed by atoms with Crippen LogP contribution in [0.2, 0.25) is 5.02 Å². The van der Waals surface area contributed by atoms with Gasteiger partial charge < -0.3 is 15.2 Å². The zero-order valence-electron chi connectivity index (χ0n) is 13.7.